The molecule has 0 radical (unpaired) electrons. The van der Waals surface area contributed by atoms with Gasteiger partial charge in [0.15, 0.2) is 6.29 Å². The lowest BCUT2D eigenvalue weighted by Gasteiger charge is -2.40. The fourth-order valence-corrected chi connectivity index (χ4v) is 5.15. The maximum atomic E-state index is 13.7. The molecule has 0 saturated carbocycles. The van der Waals surface area contributed by atoms with E-state index in [-0.39, 0.29) is 29.7 Å². The first kappa shape index (κ1) is 30.9. The van der Waals surface area contributed by atoms with E-state index < -0.39 is 63.4 Å². The Morgan fingerprint density at radius 1 is 0.902 bits per heavy atom. The number of aryl methyl sites for hydroxylation is 1. The predicted molar refractivity (Wildman–Crippen MR) is 131 cm³/mol. The van der Waals surface area contributed by atoms with Crippen LogP contribution in [0.4, 0.5) is 30.7 Å². The molecule has 0 amide bonds. The minimum Gasteiger partial charge on any atom is -0.349 e. The van der Waals surface area contributed by atoms with Crippen molar-refractivity contribution in [2.75, 3.05) is 13.2 Å². The first-order chi connectivity index (χ1) is 19.0. The summed E-state index contributed by atoms with van der Waals surface area (Å²) in [5, 5.41) is 1.01. The van der Waals surface area contributed by atoms with E-state index in [1.807, 2.05) is 0 Å². The van der Waals surface area contributed by atoms with Crippen molar-refractivity contribution < 1.29 is 52.9 Å². The van der Waals surface area contributed by atoms with Crippen LogP contribution in [-0.4, -0.2) is 32.9 Å². The first-order valence-corrected chi connectivity index (χ1v) is 13.6. The Morgan fingerprint density at radius 2 is 1.46 bits per heavy atom. The number of nitrogens with zero attached hydrogens (tertiary/aromatic N) is 1. The molecule has 2 unspecified atom stereocenters. The van der Waals surface area contributed by atoms with E-state index in [0.29, 0.717) is 12.1 Å². The summed E-state index contributed by atoms with van der Waals surface area (Å²) in [6.07, 6.45) is -13.0. The van der Waals surface area contributed by atoms with Gasteiger partial charge in [0, 0.05) is 6.54 Å². The van der Waals surface area contributed by atoms with Gasteiger partial charge in [-0.15, -0.1) is 0 Å². The molecule has 3 aromatic rings. The highest BCUT2D eigenvalue weighted by Crippen LogP contribution is 2.40. The maximum Gasteiger partial charge on any atom is 0.416 e. The maximum absolute atomic E-state index is 13.7. The molecule has 0 spiro atoms. The third-order valence-electron chi connectivity index (χ3n) is 6.29. The van der Waals surface area contributed by atoms with Gasteiger partial charge < -0.3 is 9.47 Å². The standard InChI is InChI=1S/C27H24F7NO5S/c1-16-3-9-23(10-4-16)41(36,37)40-35-11-12-38-25(24(35)18-5-7-22(28)8-6-18)39-17(2)19-13-20(26(29,30)31)15-21(14-19)27(32,33)34/h3-10,13-15,17,24-25H,11-12H2,1-2H3/t17-,24?,25?/m1/s1. The number of hydrogen-bond donors (Lipinski definition) is 0. The summed E-state index contributed by atoms with van der Waals surface area (Å²) in [7, 11) is -4.38. The van der Waals surface area contributed by atoms with Crippen molar-refractivity contribution in [3.8, 4) is 0 Å². The topological polar surface area (TPSA) is 65.1 Å². The predicted octanol–water partition coefficient (Wildman–Crippen LogP) is 6.97. The van der Waals surface area contributed by atoms with Crippen LogP contribution in [0.1, 0.15) is 46.9 Å². The molecule has 1 aliphatic rings. The van der Waals surface area contributed by atoms with E-state index in [1.54, 1.807) is 19.1 Å². The minimum atomic E-state index is -5.07. The lowest BCUT2D eigenvalue weighted by molar-refractivity contribution is -0.277. The monoisotopic (exact) mass is 607 g/mol. The van der Waals surface area contributed by atoms with Crippen molar-refractivity contribution in [3.63, 3.8) is 0 Å². The highest BCUT2D eigenvalue weighted by atomic mass is 32.2. The number of morpholine rings is 1. The lowest BCUT2D eigenvalue weighted by Crippen LogP contribution is -2.47. The molecule has 1 saturated heterocycles. The zero-order chi connectivity index (χ0) is 30.2. The number of halogens is 7. The lowest BCUT2D eigenvalue weighted by atomic mass is 10.0. The van der Waals surface area contributed by atoms with Crippen LogP contribution in [0.3, 0.4) is 0 Å². The summed E-state index contributed by atoms with van der Waals surface area (Å²) >= 11 is 0. The van der Waals surface area contributed by atoms with Crippen molar-refractivity contribution in [3.05, 3.63) is 100 Å². The van der Waals surface area contributed by atoms with Crippen LogP contribution in [0.5, 0.6) is 0 Å². The zero-order valence-electron chi connectivity index (χ0n) is 21.5. The highest BCUT2D eigenvalue weighted by molar-refractivity contribution is 7.86. The normalized spacial score (nSPS) is 19.7. The van der Waals surface area contributed by atoms with E-state index in [1.165, 1.54) is 31.2 Å². The van der Waals surface area contributed by atoms with Crippen LogP contribution in [-0.2, 0) is 36.2 Å². The van der Waals surface area contributed by atoms with Gasteiger partial charge in [0.2, 0.25) is 0 Å². The molecule has 0 N–H and O–H groups in total. The second kappa shape index (κ2) is 11.7. The summed E-state index contributed by atoms with van der Waals surface area (Å²) in [6, 6.07) is 10.4. The van der Waals surface area contributed by atoms with Gasteiger partial charge in [0.1, 0.15) is 11.9 Å². The molecule has 41 heavy (non-hydrogen) atoms. The Bertz CT molecular complexity index is 1430. The molecule has 6 nitrogen and oxygen atoms in total. The van der Waals surface area contributed by atoms with Crippen LogP contribution in [0.25, 0.3) is 0 Å². The molecular formula is C27H24F7NO5S. The molecule has 0 aromatic heterocycles. The smallest absolute Gasteiger partial charge is 0.349 e. The number of alkyl halides is 6. The molecule has 222 valence electrons. The molecule has 0 aliphatic carbocycles. The number of ether oxygens (including phenoxy) is 2. The second-order valence-corrected chi connectivity index (χ2v) is 10.9. The van der Waals surface area contributed by atoms with Crippen molar-refractivity contribution >= 4 is 10.1 Å². The van der Waals surface area contributed by atoms with E-state index in [4.69, 9.17) is 13.8 Å². The average molecular weight is 608 g/mol. The largest absolute Gasteiger partial charge is 0.416 e. The zero-order valence-corrected chi connectivity index (χ0v) is 22.4. The minimum absolute atomic E-state index is 0.000156. The Morgan fingerprint density at radius 3 is 2.00 bits per heavy atom. The summed E-state index contributed by atoms with van der Waals surface area (Å²) in [4.78, 5) is -0.165. The first-order valence-electron chi connectivity index (χ1n) is 12.1. The van der Waals surface area contributed by atoms with Crippen molar-refractivity contribution in [2.24, 2.45) is 0 Å². The summed E-state index contributed by atoms with van der Waals surface area (Å²) in [5.41, 5.74) is -2.44. The fourth-order valence-electron chi connectivity index (χ4n) is 4.17. The molecule has 4 rings (SSSR count). The van der Waals surface area contributed by atoms with Gasteiger partial charge in [-0.25, -0.2) is 4.39 Å². The van der Waals surface area contributed by atoms with Crippen LogP contribution in [0.15, 0.2) is 71.6 Å². The van der Waals surface area contributed by atoms with Crippen LogP contribution < -0.4 is 0 Å². The van der Waals surface area contributed by atoms with E-state index >= 15 is 0 Å². The van der Waals surface area contributed by atoms with Gasteiger partial charge in [-0.3, -0.25) is 0 Å². The van der Waals surface area contributed by atoms with Crippen LogP contribution in [0.2, 0.25) is 0 Å². The fraction of sp³-hybridized carbons (Fsp3) is 0.333. The van der Waals surface area contributed by atoms with Gasteiger partial charge in [0.05, 0.1) is 28.7 Å². The van der Waals surface area contributed by atoms with Crippen LogP contribution in [0, 0.1) is 12.7 Å². The molecule has 3 atom stereocenters. The van der Waals surface area contributed by atoms with Gasteiger partial charge in [-0.1, -0.05) is 29.8 Å². The van der Waals surface area contributed by atoms with Crippen molar-refractivity contribution in [1.29, 1.82) is 0 Å². The van der Waals surface area contributed by atoms with Crippen LogP contribution >= 0.6 is 0 Å². The third kappa shape index (κ3) is 7.43. The number of benzene rings is 3. The Kier molecular flexibility index (Phi) is 8.81. The number of hydrogen-bond acceptors (Lipinski definition) is 6. The van der Waals surface area contributed by atoms with Gasteiger partial charge in [-0.05, 0) is 67.4 Å². The quantitative estimate of drug-likeness (QED) is 0.271. The summed E-state index contributed by atoms with van der Waals surface area (Å²) in [5.74, 6) is -0.611. The molecular weight excluding hydrogens is 583 g/mol. The number of rotatable bonds is 7. The molecule has 0 bridgehead atoms. The molecule has 14 heteroatoms. The average Bonchev–Trinajstić information content (AvgIpc) is 2.88. The Balaban J connectivity index is 1.68. The van der Waals surface area contributed by atoms with E-state index in [0.717, 1.165) is 22.8 Å². The molecule has 1 aliphatic heterocycles. The Hall–Kier alpha value is -3.04. The van der Waals surface area contributed by atoms with Gasteiger partial charge in [-0.2, -0.15) is 44.1 Å². The van der Waals surface area contributed by atoms with Gasteiger partial charge in [0.25, 0.3) is 0 Å². The SMILES string of the molecule is Cc1ccc(S(=O)(=O)ON2CCOC(O[C@H](C)c3cc(C(F)(F)F)cc(C(F)(F)F)c3)C2c2ccc(F)cc2)cc1. The second-order valence-electron chi connectivity index (χ2n) is 9.34. The van der Waals surface area contributed by atoms with E-state index in [2.05, 4.69) is 0 Å². The van der Waals surface area contributed by atoms with Crippen molar-refractivity contribution in [1.82, 2.24) is 5.06 Å². The Labute approximate surface area is 231 Å². The number of hydroxylamine groups is 2. The highest BCUT2D eigenvalue weighted by Gasteiger charge is 2.41. The summed E-state index contributed by atoms with van der Waals surface area (Å²) < 4.78 is 137. The summed E-state index contributed by atoms with van der Waals surface area (Å²) in [6.45, 7) is 2.69. The third-order valence-corrected chi connectivity index (χ3v) is 7.53. The molecule has 3 aromatic carbocycles. The van der Waals surface area contributed by atoms with E-state index in [9.17, 15) is 39.2 Å². The molecule has 1 heterocycles. The molecule has 1 fully saturated rings. The van der Waals surface area contributed by atoms with Crippen molar-refractivity contribution in [2.45, 2.75) is 49.5 Å². The van der Waals surface area contributed by atoms with Gasteiger partial charge >= 0.3 is 22.5 Å².